The van der Waals surface area contributed by atoms with E-state index in [1.165, 1.54) is 24.0 Å². The van der Waals surface area contributed by atoms with Crippen molar-refractivity contribution < 1.29 is 9.47 Å². The normalized spacial score (nSPS) is 18.1. The number of rotatable bonds is 6. The summed E-state index contributed by atoms with van der Waals surface area (Å²) in [4.78, 5) is 0. The molecular weight excluding hydrogens is 272 g/mol. The van der Waals surface area contributed by atoms with Gasteiger partial charge in [0.05, 0.1) is 6.10 Å². The van der Waals surface area contributed by atoms with E-state index < -0.39 is 0 Å². The molecule has 0 spiro atoms. The standard InChI is InChI=1S/C20H24O2/c1-2-6-17(7-3-1)9-10-18-11-13-19(14-12-18)22-16-20-8-4-5-15-21-20/h1-3,6-7,11-14,20H,4-5,8-10,15-16H2. The lowest BCUT2D eigenvalue weighted by atomic mass is 10.0. The topological polar surface area (TPSA) is 18.5 Å². The van der Waals surface area contributed by atoms with Gasteiger partial charge >= 0.3 is 0 Å². The number of hydrogen-bond acceptors (Lipinski definition) is 2. The lowest BCUT2D eigenvalue weighted by molar-refractivity contribution is -0.0110. The molecule has 1 unspecified atom stereocenters. The van der Waals surface area contributed by atoms with Crippen LogP contribution in [0.2, 0.25) is 0 Å². The fraction of sp³-hybridized carbons (Fsp3) is 0.400. The van der Waals surface area contributed by atoms with Crippen molar-refractivity contribution in [1.82, 2.24) is 0 Å². The summed E-state index contributed by atoms with van der Waals surface area (Å²) < 4.78 is 11.5. The smallest absolute Gasteiger partial charge is 0.119 e. The maximum Gasteiger partial charge on any atom is 0.119 e. The molecule has 1 fully saturated rings. The fourth-order valence-corrected chi connectivity index (χ4v) is 2.81. The Morgan fingerprint density at radius 3 is 2.27 bits per heavy atom. The van der Waals surface area contributed by atoms with Gasteiger partial charge in [-0.3, -0.25) is 0 Å². The maximum atomic E-state index is 5.84. The number of benzene rings is 2. The van der Waals surface area contributed by atoms with Crippen LogP contribution in [0.4, 0.5) is 0 Å². The molecule has 22 heavy (non-hydrogen) atoms. The summed E-state index contributed by atoms with van der Waals surface area (Å²) in [6.07, 6.45) is 5.98. The second-order valence-electron chi connectivity index (χ2n) is 5.93. The van der Waals surface area contributed by atoms with Crippen LogP contribution >= 0.6 is 0 Å². The second-order valence-corrected chi connectivity index (χ2v) is 5.93. The first-order valence-corrected chi connectivity index (χ1v) is 8.27. The summed E-state index contributed by atoms with van der Waals surface area (Å²) in [5.41, 5.74) is 2.74. The molecule has 2 nitrogen and oxygen atoms in total. The van der Waals surface area contributed by atoms with Crippen LogP contribution in [-0.4, -0.2) is 19.3 Å². The Balaban J connectivity index is 1.45. The Bertz CT molecular complexity index is 542. The summed E-state index contributed by atoms with van der Waals surface area (Å²) in [5.74, 6) is 0.942. The first kappa shape index (κ1) is 15.1. The summed E-state index contributed by atoms with van der Waals surface area (Å²) >= 11 is 0. The molecule has 1 atom stereocenters. The van der Waals surface area contributed by atoms with Crippen LogP contribution in [0, 0.1) is 0 Å². The zero-order valence-electron chi connectivity index (χ0n) is 13.0. The fourth-order valence-electron chi connectivity index (χ4n) is 2.81. The molecule has 0 saturated carbocycles. The highest BCUT2D eigenvalue weighted by Crippen LogP contribution is 2.17. The molecule has 2 aromatic carbocycles. The van der Waals surface area contributed by atoms with Crippen LogP contribution in [-0.2, 0) is 17.6 Å². The van der Waals surface area contributed by atoms with E-state index in [4.69, 9.17) is 9.47 Å². The first-order valence-electron chi connectivity index (χ1n) is 8.27. The molecule has 0 radical (unpaired) electrons. The average molecular weight is 296 g/mol. The Morgan fingerprint density at radius 1 is 0.864 bits per heavy atom. The number of hydrogen-bond donors (Lipinski definition) is 0. The minimum Gasteiger partial charge on any atom is -0.491 e. The van der Waals surface area contributed by atoms with E-state index in [0.717, 1.165) is 31.6 Å². The lowest BCUT2D eigenvalue weighted by Gasteiger charge is -2.22. The molecule has 2 aromatic rings. The summed E-state index contributed by atoms with van der Waals surface area (Å²) in [7, 11) is 0. The number of aryl methyl sites for hydroxylation is 2. The van der Waals surface area contributed by atoms with Gasteiger partial charge in [0.2, 0.25) is 0 Å². The third-order valence-electron chi connectivity index (χ3n) is 4.18. The third-order valence-corrected chi connectivity index (χ3v) is 4.18. The van der Waals surface area contributed by atoms with Crippen molar-refractivity contribution >= 4 is 0 Å². The molecule has 116 valence electrons. The van der Waals surface area contributed by atoms with E-state index in [-0.39, 0.29) is 6.10 Å². The Labute approximate surface area is 133 Å². The van der Waals surface area contributed by atoms with Gasteiger partial charge in [-0.1, -0.05) is 42.5 Å². The molecule has 2 heteroatoms. The molecule has 3 rings (SSSR count). The van der Waals surface area contributed by atoms with Gasteiger partial charge in [-0.25, -0.2) is 0 Å². The van der Waals surface area contributed by atoms with E-state index in [2.05, 4.69) is 54.6 Å². The monoisotopic (exact) mass is 296 g/mol. The van der Waals surface area contributed by atoms with Gasteiger partial charge in [0.15, 0.2) is 0 Å². The molecule has 0 N–H and O–H groups in total. The minimum absolute atomic E-state index is 0.270. The molecule has 1 heterocycles. The molecule has 1 aliphatic rings. The first-order chi connectivity index (χ1) is 10.9. The molecule has 1 aliphatic heterocycles. The predicted molar refractivity (Wildman–Crippen MR) is 89.4 cm³/mol. The van der Waals surface area contributed by atoms with E-state index in [9.17, 15) is 0 Å². The molecule has 0 aliphatic carbocycles. The molecule has 0 bridgehead atoms. The zero-order valence-corrected chi connectivity index (χ0v) is 13.0. The Hall–Kier alpha value is -1.80. The van der Waals surface area contributed by atoms with E-state index in [0.29, 0.717) is 6.61 Å². The zero-order chi connectivity index (χ0) is 15.0. The summed E-state index contributed by atoms with van der Waals surface area (Å²) in [5, 5.41) is 0. The third kappa shape index (κ3) is 4.60. The van der Waals surface area contributed by atoms with E-state index >= 15 is 0 Å². The van der Waals surface area contributed by atoms with Crippen molar-refractivity contribution in [3.63, 3.8) is 0 Å². The molecular formula is C20H24O2. The SMILES string of the molecule is c1ccc(CCc2ccc(OCC3CCCCO3)cc2)cc1. The predicted octanol–water partition coefficient (Wildman–Crippen LogP) is 4.42. The van der Waals surface area contributed by atoms with Crippen LogP contribution in [0.1, 0.15) is 30.4 Å². The second kappa shape index (κ2) is 8.00. The molecule has 1 saturated heterocycles. The van der Waals surface area contributed by atoms with E-state index in [1.54, 1.807) is 0 Å². The van der Waals surface area contributed by atoms with Crippen LogP contribution in [0.3, 0.4) is 0 Å². The summed E-state index contributed by atoms with van der Waals surface area (Å²) in [6, 6.07) is 19.1. The van der Waals surface area contributed by atoms with Crippen molar-refractivity contribution in [3.05, 3.63) is 65.7 Å². The van der Waals surface area contributed by atoms with Crippen molar-refractivity contribution in [2.24, 2.45) is 0 Å². The van der Waals surface area contributed by atoms with Crippen molar-refractivity contribution in [1.29, 1.82) is 0 Å². The Kier molecular flexibility index (Phi) is 5.49. The van der Waals surface area contributed by atoms with Gasteiger partial charge in [0, 0.05) is 6.61 Å². The minimum atomic E-state index is 0.270. The highest BCUT2D eigenvalue weighted by atomic mass is 16.5. The van der Waals surface area contributed by atoms with Crippen molar-refractivity contribution in [2.75, 3.05) is 13.2 Å². The van der Waals surface area contributed by atoms with Gasteiger partial charge in [-0.15, -0.1) is 0 Å². The number of ether oxygens (including phenoxy) is 2. The van der Waals surface area contributed by atoms with Crippen molar-refractivity contribution in [2.45, 2.75) is 38.2 Å². The lowest BCUT2D eigenvalue weighted by Crippen LogP contribution is -2.25. The van der Waals surface area contributed by atoms with Gasteiger partial charge in [0.1, 0.15) is 12.4 Å². The van der Waals surface area contributed by atoms with Crippen LogP contribution < -0.4 is 4.74 Å². The maximum absolute atomic E-state index is 5.84. The van der Waals surface area contributed by atoms with E-state index in [1.807, 2.05) is 0 Å². The van der Waals surface area contributed by atoms with Gasteiger partial charge < -0.3 is 9.47 Å². The van der Waals surface area contributed by atoms with Gasteiger partial charge in [-0.05, 0) is 55.4 Å². The highest BCUT2D eigenvalue weighted by molar-refractivity contribution is 5.28. The average Bonchev–Trinajstić information content (AvgIpc) is 2.61. The Morgan fingerprint density at radius 2 is 1.59 bits per heavy atom. The quantitative estimate of drug-likeness (QED) is 0.785. The van der Waals surface area contributed by atoms with Gasteiger partial charge in [-0.2, -0.15) is 0 Å². The summed E-state index contributed by atoms with van der Waals surface area (Å²) in [6.45, 7) is 1.55. The van der Waals surface area contributed by atoms with Crippen LogP contribution in [0.15, 0.2) is 54.6 Å². The van der Waals surface area contributed by atoms with Crippen molar-refractivity contribution in [3.8, 4) is 5.75 Å². The highest BCUT2D eigenvalue weighted by Gasteiger charge is 2.14. The van der Waals surface area contributed by atoms with Crippen LogP contribution in [0.25, 0.3) is 0 Å². The molecule has 0 amide bonds. The molecule has 0 aromatic heterocycles. The largest absolute Gasteiger partial charge is 0.491 e. The van der Waals surface area contributed by atoms with Gasteiger partial charge in [0.25, 0.3) is 0 Å². The van der Waals surface area contributed by atoms with Crippen LogP contribution in [0.5, 0.6) is 5.75 Å².